The van der Waals surface area contributed by atoms with Gasteiger partial charge in [-0.15, -0.1) is 11.6 Å². The van der Waals surface area contributed by atoms with E-state index in [4.69, 9.17) is 16.7 Å². The van der Waals surface area contributed by atoms with Gasteiger partial charge in [0.25, 0.3) is 0 Å². The third-order valence-electron chi connectivity index (χ3n) is 0.879. The largest absolute Gasteiger partial charge is 0.492 e. The van der Waals surface area contributed by atoms with Crippen molar-refractivity contribution in [2.75, 3.05) is 0 Å². The van der Waals surface area contributed by atoms with Gasteiger partial charge in [-0.3, -0.25) is 4.98 Å². The molecule has 48 valence electrons. The lowest BCUT2D eigenvalue weighted by molar-refractivity contribution is 0.444. The van der Waals surface area contributed by atoms with Gasteiger partial charge in [0, 0.05) is 12.4 Å². The molecular weight excluding hydrogens is 140 g/mol. The van der Waals surface area contributed by atoms with Gasteiger partial charge in [0.15, 0.2) is 0 Å². The fraction of sp³-hybridized carbons (Fsp3) is 0.200. The molecule has 1 aromatic rings. The van der Waals surface area contributed by atoms with Crippen LogP contribution < -0.4 is 0 Å². The molecule has 0 aliphatic carbocycles. The number of hydrogen-bond acceptors (Lipinski definition) is 3. The number of nitrogens with zero attached hydrogens (tertiary/aromatic N) is 2. The van der Waals surface area contributed by atoms with E-state index in [0.717, 1.165) is 0 Å². The van der Waals surface area contributed by atoms with E-state index in [1.807, 2.05) is 0 Å². The van der Waals surface area contributed by atoms with Gasteiger partial charge in [0.2, 0.25) is 5.88 Å². The number of aromatic nitrogens is 2. The fourth-order valence-corrected chi connectivity index (χ4v) is 0.642. The summed E-state index contributed by atoms with van der Waals surface area (Å²) in [7, 11) is 0. The quantitative estimate of drug-likeness (QED) is 0.597. The molecule has 9 heavy (non-hydrogen) atoms. The zero-order valence-electron chi connectivity index (χ0n) is 4.58. The molecule has 0 atom stereocenters. The first-order valence-corrected chi connectivity index (χ1v) is 2.93. The molecule has 0 saturated heterocycles. The summed E-state index contributed by atoms with van der Waals surface area (Å²) >= 11 is 5.37. The van der Waals surface area contributed by atoms with Crippen LogP contribution in [0.2, 0.25) is 0 Å². The van der Waals surface area contributed by atoms with Crippen molar-refractivity contribution in [1.82, 2.24) is 9.97 Å². The van der Waals surface area contributed by atoms with Crippen LogP contribution in [0.25, 0.3) is 0 Å². The van der Waals surface area contributed by atoms with E-state index in [-0.39, 0.29) is 11.8 Å². The van der Waals surface area contributed by atoms with Gasteiger partial charge in [-0.25, -0.2) is 4.98 Å². The lowest BCUT2D eigenvalue weighted by Gasteiger charge is -1.93. The molecule has 1 rings (SSSR count). The molecule has 0 aliphatic rings. The van der Waals surface area contributed by atoms with E-state index in [0.29, 0.717) is 5.69 Å². The van der Waals surface area contributed by atoms with Crippen LogP contribution in [0.4, 0.5) is 0 Å². The van der Waals surface area contributed by atoms with Crippen molar-refractivity contribution in [2.24, 2.45) is 0 Å². The van der Waals surface area contributed by atoms with Crippen LogP contribution in [0.1, 0.15) is 5.69 Å². The van der Waals surface area contributed by atoms with Crippen LogP contribution in [0.15, 0.2) is 12.4 Å². The van der Waals surface area contributed by atoms with Gasteiger partial charge in [0.05, 0.1) is 5.88 Å². The summed E-state index contributed by atoms with van der Waals surface area (Å²) in [5.41, 5.74) is 0.416. The molecule has 1 heterocycles. The van der Waals surface area contributed by atoms with Crippen LogP contribution in [0.3, 0.4) is 0 Å². The molecule has 1 aromatic heterocycles. The zero-order valence-corrected chi connectivity index (χ0v) is 5.34. The number of rotatable bonds is 1. The van der Waals surface area contributed by atoms with Gasteiger partial charge in [0.1, 0.15) is 5.69 Å². The highest BCUT2D eigenvalue weighted by atomic mass is 35.5. The molecule has 3 nitrogen and oxygen atoms in total. The Morgan fingerprint density at radius 3 is 2.56 bits per heavy atom. The minimum Gasteiger partial charge on any atom is -0.492 e. The average molecular weight is 145 g/mol. The van der Waals surface area contributed by atoms with Crippen molar-refractivity contribution in [3.8, 4) is 5.88 Å². The maximum atomic E-state index is 8.85. The van der Waals surface area contributed by atoms with Crippen LogP contribution in [0, 0.1) is 0 Å². The van der Waals surface area contributed by atoms with Crippen LogP contribution in [-0.2, 0) is 5.88 Å². The van der Waals surface area contributed by atoms with Crippen molar-refractivity contribution in [2.45, 2.75) is 5.88 Å². The Labute approximate surface area is 57.3 Å². The van der Waals surface area contributed by atoms with Gasteiger partial charge in [-0.2, -0.15) is 0 Å². The first-order chi connectivity index (χ1) is 4.34. The fourth-order valence-electron chi connectivity index (χ4n) is 0.454. The Bertz CT molecular complexity index is 204. The maximum absolute atomic E-state index is 8.85. The predicted molar refractivity (Wildman–Crippen MR) is 33.3 cm³/mol. The Kier molecular flexibility index (Phi) is 1.85. The number of alkyl halides is 1. The molecule has 0 bridgehead atoms. The van der Waals surface area contributed by atoms with E-state index in [2.05, 4.69) is 9.97 Å². The monoisotopic (exact) mass is 144 g/mol. The molecule has 0 saturated carbocycles. The second-order valence-electron chi connectivity index (χ2n) is 1.46. The number of aromatic hydroxyl groups is 1. The summed E-state index contributed by atoms with van der Waals surface area (Å²) in [5.74, 6) is 0.104. The number of hydrogen-bond donors (Lipinski definition) is 1. The molecule has 0 unspecified atom stereocenters. The normalized spacial score (nSPS) is 9.44. The molecular formula is C5H5ClN2O. The first kappa shape index (κ1) is 6.29. The van der Waals surface area contributed by atoms with Crippen molar-refractivity contribution in [3.05, 3.63) is 18.1 Å². The molecule has 0 aromatic carbocycles. The Hall–Kier alpha value is -0.830. The summed E-state index contributed by atoms with van der Waals surface area (Å²) in [4.78, 5) is 7.31. The standard InChI is InChI=1S/C5H5ClN2O/c6-3-4-5(9)8-2-1-7-4/h1-2H,3H2,(H,8,9). The Morgan fingerprint density at radius 2 is 2.11 bits per heavy atom. The van der Waals surface area contributed by atoms with Crippen molar-refractivity contribution in [3.63, 3.8) is 0 Å². The van der Waals surface area contributed by atoms with Crippen LogP contribution in [0.5, 0.6) is 5.88 Å². The summed E-state index contributed by atoms with van der Waals surface area (Å²) in [6.07, 6.45) is 2.89. The Balaban J connectivity index is 3.01. The van der Waals surface area contributed by atoms with Gasteiger partial charge < -0.3 is 5.11 Å². The second-order valence-corrected chi connectivity index (χ2v) is 1.73. The van der Waals surface area contributed by atoms with E-state index >= 15 is 0 Å². The third kappa shape index (κ3) is 1.29. The lowest BCUT2D eigenvalue weighted by atomic mass is 10.5. The smallest absolute Gasteiger partial charge is 0.234 e. The third-order valence-corrected chi connectivity index (χ3v) is 1.13. The van der Waals surface area contributed by atoms with Gasteiger partial charge in [-0.05, 0) is 0 Å². The SMILES string of the molecule is Oc1nccnc1CCl. The molecule has 0 spiro atoms. The average Bonchev–Trinajstić information content (AvgIpc) is 1.89. The minimum atomic E-state index is -0.0903. The molecule has 4 heteroatoms. The van der Waals surface area contributed by atoms with Crippen LogP contribution in [-0.4, -0.2) is 15.1 Å². The molecule has 0 amide bonds. The van der Waals surface area contributed by atoms with Crippen molar-refractivity contribution >= 4 is 11.6 Å². The number of halogens is 1. The van der Waals surface area contributed by atoms with Crippen molar-refractivity contribution < 1.29 is 5.11 Å². The highest BCUT2D eigenvalue weighted by molar-refractivity contribution is 6.17. The predicted octanol–water partition coefficient (Wildman–Crippen LogP) is 0.921. The Morgan fingerprint density at radius 1 is 1.44 bits per heavy atom. The van der Waals surface area contributed by atoms with Gasteiger partial charge >= 0.3 is 0 Å². The topological polar surface area (TPSA) is 46.0 Å². The van der Waals surface area contributed by atoms with E-state index < -0.39 is 0 Å². The second kappa shape index (κ2) is 2.64. The molecule has 0 aliphatic heterocycles. The minimum absolute atomic E-state index is 0.0903. The van der Waals surface area contributed by atoms with Crippen molar-refractivity contribution in [1.29, 1.82) is 0 Å². The summed E-state index contributed by atoms with van der Waals surface area (Å²) in [6, 6.07) is 0. The lowest BCUT2D eigenvalue weighted by Crippen LogP contribution is -1.86. The summed E-state index contributed by atoms with van der Waals surface area (Å²) in [6.45, 7) is 0. The molecule has 1 N–H and O–H groups in total. The van der Waals surface area contributed by atoms with E-state index in [1.165, 1.54) is 12.4 Å². The van der Waals surface area contributed by atoms with E-state index in [1.54, 1.807) is 0 Å². The molecule has 0 radical (unpaired) electrons. The highest BCUT2D eigenvalue weighted by Gasteiger charge is 1.97. The van der Waals surface area contributed by atoms with Gasteiger partial charge in [-0.1, -0.05) is 0 Å². The summed E-state index contributed by atoms with van der Waals surface area (Å²) in [5, 5.41) is 8.85. The zero-order chi connectivity index (χ0) is 6.69. The van der Waals surface area contributed by atoms with Crippen LogP contribution >= 0.6 is 11.6 Å². The molecule has 0 fully saturated rings. The van der Waals surface area contributed by atoms with E-state index in [9.17, 15) is 0 Å². The highest BCUT2D eigenvalue weighted by Crippen LogP contribution is 2.09. The summed E-state index contributed by atoms with van der Waals surface area (Å²) < 4.78 is 0. The maximum Gasteiger partial charge on any atom is 0.234 e. The first-order valence-electron chi connectivity index (χ1n) is 2.39.